The van der Waals surface area contributed by atoms with Gasteiger partial charge in [-0.15, -0.1) is 10.2 Å². The molecule has 7 heteroatoms. The third-order valence-corrected chi connectivity index (χ3v) is 5.48. The topological polar surface area (TPSA) is 85.2 Å². The summed E-state index contributed by atoms with van der Waals surface area (Å²) < 4.78 is 2.27. The second-order valence-corrected chi connectivity index (χ2v) is 7.28. The van der Waals surface area contributed by atoms with E-state index in [1.165, 1.54) is 32.1 Å². The Kier molecular flexibility index (Phi) is 4.12. The Morgan fingerprint density at radius 3 is 2.56 bits per heavy atom. The lowest BCUT2D eigenvalue weighted by Crippen LogP contribution is -2.13. The smallest absolute Gasteiger partial charge is 0.204 e. The molecule has 0 spiro atoms. The van der Waals surface area contributed by atoms with Gasteiger partial charge in [0.25, 0.3) is 0 Å². The van der Waals surface area contributed by atoms with Gasteiger partial charge in [-0.05, 0) is 35.6 Å². The minimum atomic E-state index is 0.598. The number of nitrogens with zero attached hydrogens (tertiary/aromatic N) is 6. The highest BCUT2D eigenvalue weighted by atomic mass is 15.5. The van der Waals surface area contributed by atoms with Gasteiger partial charge in [0.1, 0.15) is 0 Å². The average Bonchev–Trinajstić information content (AvgIpc) is 3.39. The van der Waals surface area contributed by atoms with Crippen molar-refractivity contribution in [3.8, 4) is 22.5 Å². The zero-order chi connectivity index (χ0) is 18.1. The molecule has 0 saturated heterocycles. The lowest BCUT2D eigenvalue weighted by molar-refractivity contribution is 0.322. The summed E-state index contributed by atoms with van der Waals surface area (Å²) in [6.45, 7) is 1.04. The Morgan fingerprint density at radius 1 is 0.963 bits per heavy atom. The van der Waals surface area contributed by atoms with Gasteiger partial charge in [-0.3, -0.25) is 0 Å². The Balaban J connectivity index is 1.44. The summed E-state index contributed by atoms with van der Waals surface area (Å²) in [6.07, 6.45) is 10.6. The van der Waals surface area contributed by atoms with Gasteiger partial charge in [-0.1, -0.05) is 43.5 Å². The monoisotopic (exact) mass is 359 g/mol. The number of nitrogens with one attached hydrogen (secondary N) is 1. The Bertz CT molecular complexity index is 1030. The van der Waals surface area contributed by atoms with Crippen LogP contribution in [-0.4, -0.2) is 35.2 Å². The zero-order valence-electron chi connectivity index (χ0n) is 15.0. The lowest BCUT2D eigenvalue weighted by Gasteiger charge is -2.22. The molecule has 4 aromatic rings. The van der Waals surface area contributed by atoms with Crippen LogP contribution in [0.25, 0.3) is 33.7 Å². The fraction of sp³-hybridized carbons (Fsp3) is 0.350. The van der Waals surface area contributed by atoms with Crippen LogP contribution >= 0.6 is 0 Å². The summed E-state index contributed by atoms with van der Waals surface area (Å²) in [5.41, 5.74) is 5.07. The van der Waals surface area contributed by atoms with Crippen LogP contribution in [0.15, 0.2) is 42.9 Å². The molecule has 1 aliphatic rings. The minimum absolute atomic E-state index is 0.598. The molecule has 1 aromatic carbocycles. The minimum Gasteiger partial charge on any atom is -0.329 e. The van der Waals surface area contributed by atoms with Crippen LogP contribution in [-0.2, 0) is 6.54 Å². The maximum absolute atomic E-state index is 4.57. The molecule has 7 nitrogen and oxygen atoms in total. The van der Waals surface area contributed by atoms with Crippen LogP contribution < -0.4 is 0 Å². The first-order valence-corrected chi connectivity index (χ1v) is 9.52. The second-order valence-electron chi connectivity index (χ2n) is 7.28. The fourth-order valence-corrected chi connectivity index (χ4v) is 3.99. The number of aromatic nitrogens is 7. The van der Waals surface area contributed by atoms with Crippen molar-refractivity contribution < 1.29 is 0 Å². The van der Waals surface area contributed by atoms with Gasteiger partial charge in [0.05, 0.1) is 11.8 Å². The third kappa shape index (κ3) is 3.20. The Labute approximate surface area is 156 Å². The van der Waals surface area contributed by atoms with Gasteiger partial charge >= 0.3 is 0 Å². The van der Waals surface area contributed by atoms with Crippen molar-refractivity contribution in [1.29, 1.82) is 0 Å². The summed E-state index contributed by atoms with van der Waals surface area (Å²) in [6, 6.07) is 10.3. The van der Waals surface area contributed by atoms with E-state index in [0.29, 0.717) is 5.82 Å². The van der Waals surface area contributed by atoms with E-state index < -0.39 is 0 Å². The van der Waals surface area contributed by atoms with Crippen LogP contribution in [0.1, 0.15) is 32.1 Å². The maximum atomic E-state index is 4.57. The number of fused-ring (bicyclic) bond motifs is 1. The van der Waals surface area contributed by atoms with E-state index in [1.807, 2.05) is 24.7 Å². The van der Waals surface area contributed by atoms with Crippen molar-refractivity contribution in [2.24, 2.45) is 5.92 Å². The number of benzene rings is 1. The molecule has 1 saturated carbocycles. The van der Waals surface area contributed by atoms with Crippen LogP contribution in [0.5, 0.6) is 0 Å². The number of pyridine rings is 1. The molecule has 0 bridgehead atoms. The van der Waals surface area contributed by atoms with Crippen molar-refractivity contribution in [2.45, 2.75) is 38.6 Å². The molecular weight excluding hydrogens is 338 g/mol. The molecule has 136 valence electrons. The molecule has 1 fully saturated rings. The number of rotatable bonds is 4. The number of aromatic amines is 1. The normalized spacial score (nSPS) is 15.4. The molecule has 1 N–H and O–H groups in total. The molecule has 0 atom stereocenters. The van der Waals surface area contributed by atoms with Gasteiger partial charge in [-0.2, -0.15) is 5.21 Å². The van der Waals surface area contributed by atoms with Gasteiger partial charge in [-0.25, -0.2) is 9.97 Å². The highest BCUT2D eigenvalue weighted by Gasteiger charge is 2.16. The van der Waals surface area contributed by atoms with Crippen LogP contribution in [0, 0.1) is 5.92 Å². The third-order valence-electron chi connectivity index (χ3n) is 5.48. The first-order valence-electron chi connectivity index (χ1n) is 9.52. The van der Waals surface area contributed by atoms with E-state index in [1.54, 1.807) is 0 Å². The molecule has 1 aliphatic carbocycles. The zero-order valence-corrected chi connectivity index (χ0v) is 15.0. The molecule has 0 amide bonds. The highest BCUT2D eigenvalue weighted by molar-refractivity contribution is 5.78. The van der Waals surface area contributed by atoms with Gasteiger partial charge in [0, 0.05) is 23.9 Å². The summed E-state index contributed by atoms with van der Waals surface area (Å²) in [5, 5.41) is 14.1. The first-order chi connectivity index (χ1) is 13.4. The van der Waals surface area contributed by atoms with E-state index in [9.17, 15) is 0 Å². The predicted molar refractivity (Wildman–Crippen MR) is 103 cm³/mol. The van der Waals surface area contributed by atoms with Gasteiger partial charge < -0.3 is 4.57 Å². The van der Waals surface area contributed by atoms with Crippen molar-refractivity contribution >= 4 is 11.2 Å². The van der Waals surface area contributed by atoms with E-state index in [2.05, 4.69) is 53.4 Å². The van der Waals surface area contributed by atoms with Crippen LogP contribution in [0.3, 0.4) is 0 Å². The summed E-state index contributed by atoms with van der Waals surface area (Å²) >= 11 is 0. The molecule has 0 radical (unpaired) electrons. The Hall–Kier alpha value is -3.09. The van der Waals surface area contributed by atoms with Crippen LogP contribution in [0.4, 0.5) is 0 Å². The van der Waals surface area contributed by atoms with Crippen LogP contribution in [0.2, 0.25) is 0 Å². The predicted octanol–water partition coefficient (Wildman–Crippen LogP) is 3.86. The molecular formula is C20H21N7. The number of hydrogen-bond acceptors (Lipinski definition) is 5. The fourth-order valence-electron chi connectivity index (χ4n) is 3.99. The van der Waals surface area contributed by atoms with E-state index in [0.717, 1.165) is 40.3 Å². The largest absolute Gasteiger partial charge is 0.329 e. The molecule has 5 rings (SSSR count). The summed E-state index contributed by atoms with van der Waals surface area (Å²) in [7, 11) is 0. The second kappa shape index (κ2) is 6.90. The van der Waals surface area contributed by atoms with E-state index in [4.69, 9.17) is 0 Å². The number of tetrazole rings is 1. The lowest BCUT2D eigenvalue weighted by atomic mass is 9.89. The summed E-state index contributed by atoms with van der Waals surface area (Å²) in [4.78, 5) is 9.06. The standard InChI is InChI=1S/C20H21N7/c1-2-4-14(5-3-1)12-27-13-22-20-18(27)10-17(11-21-20)15-6-8-16(9-7-15)19-23-25-26-24-19/h6-11,13-14H,1-5,12H2,(H,23,24,25,26). The quantitative estimate of drug-likeness (QED) is 0.598. The summed E-state index contributed by atoms with van der Waals surface area (Å²) in [5.74, 6) is 1.36. The number of hydrogen-bond donors (Lipinski definition) is 1. The van der Waals surface area contributed by atoms with Crippen molar-refractivity contribution in [1.82, 2.24) is 35.2 Å². The van der Waals surface area contributed by atoms with E-state index in [-0.39, 0.29) is 0 Å². The Morgan fingerprint density at radius 2 is 1.78 bits per heavy atom. The van der Waals surface area contributed by atoms with Crippen molar-refractivity contribution in [3.05, 3.63) is 42.9 Å². The molecule has 3 heterocycles. The molecule has 27 heavy (non-hydrogen) atoms. The molecule has 0 aliphatic heterocycles. The average molecular weight is 359 g/mol. The first kappa shape index (κ1) is 16.1. The van der Waals surface area contributed by atoms with Crippen molar-refractivity contribution in [3.63, 3.8) is 0 Å². The van der Waals surface area contributed by atoms with E-state index >= 15 is 0 Å². The van der Waals surface area contributed by atoms with Crippen molar-refractivity contribution in [2.75, 3.05) is 0 Å². The highest BCUT2D eigenvalue weighted by Crippen LogP contribution is 2.28. The maximum Gasteiger partial charge on any atom is 0.204 e. The van der Waals surface area contributed by atoms with Gasteiger partial charge in [0.15, 0.2) is 5.65 Å². The molecule has 0 unspecified atom stereocenters. The number of H-pyrrole nitrogens is 1. The number of imidazole rings is 1. The molecule has 3 aromatic heterocycles. The SMILES string of the molecule is c1cc(-c2nn[nH]n2)ccc1-c1cnc2ncn(CC3CCCCC3)c2c1. The van der Waals surface area contributed by atoms with Gasteiger partial charge in [0.2, 0.25) is 5.82 Å².